The number of allylic oxidation sites excluding steroid dienone is 3. The van der Waals surface area contributed by atoms with E-state index in [9.17, 15) is 19.7 Å². The van der Waals surface area contributed by atoms with Crippen LogP contribution in [0.1, 0.15) is 49.7 Å². The molecule has 1 aliphatic heterocycles. The van der Waals surface area contributed by atoms with Crippen molar-refractivity contribution in [1.82, 2.24) is 5.32 Å². The predicted octanol–water partition coefficient (Wildman–Crippen LogP) is 5.25. The number of benzene rings is 2. The van der Waals surface area contributed by atoms with Gasteiger partial charge >= 0.3 is 5.97 Å². The van der Waals surface area contributed by atoms with Crippen LogP contribution >= 0.6 is 11.8 Å². The van der Waals surface area contributed by atoms with E-state index in [0.717, 1.165) is 17.0 Å². The number of dihydropyridines is 1. The zero-order valence-electron chi connectivity index (χ0n) is 19.8. The van der Waals surface area contributed by atoms with Gasteiger partial charge < -0.3 is 10.1 Å². The number of hydrogen-bond donors (Lipinski definition) is 1. The summed E-state index contributed by atoms with van der Waals surface area (Å²) in [6.45, 7) is 4.09. The number of nitro groups is 1. The topological polar surface area (TPSA) is 98.5 Å². The Labute approximate surface area is 208 Å². The minimum absolute atomic E-state index is 0.0214. The first-order valence-electron chi connectivity index (χ1n) is 11.7. The Balaban J connectivity index is 1.75. The standard InChI is InChI=1S/C27H28N2O5S/c1-3-35-13-12-34-27(31)24-17(2)28-22-15-20(18-8-5-4-6-9-18)16-23(30)26(22)25(24)19-10-7-11-21(14-19)29(32)33/h4-11,14,20,25,28H,3,12-13,15-16H2,1-2H3. The highest BCUT2D eigenvalue weighted by Crippen LogP contribution is 2.46. The average Bonchev–Trinajstić information content (AvgIpc) is 2.86. The second-order valence-corrected chi connectivity index (χ2v) is 10.0. The summed E-state index contributed by atoms with van der Waals surface area (Å²) in [7, 11) is 0. The van der Waals surface area contributed by atoms with E-state index in [1.165, 1.54) is 12.1 Å². The van der Waals surface area contributed by atoms with Crippen LogP contribution in [-0.4, -0.2) is 34.8 Å². The number of Topliss-reactive ketones (excluding diaryl/α,β-unsaturated/α-hetero) is 1. The maximum absolute atomic E-state index is 13.6. The molecule has 182 valence electrons. The molecule has 0 saturated heterocycles. The molecule has 4 rings (SSSR count). The molecule has 2 unspecified atom stereocenters. The zero-order chi connectivity index (χ0) is 24.9. The van der Waals surface area contributed by atoms with Crippen LogP contribution < -0.4 is 5.32 Å². The first-order valence-corrected chi connectivity index (χ1v) is 12.8. The van der Waals surface area contributed by atoms with Gasteiger partial charge in [0.1, 0.15) is 6.61 Å². The van der Waals surface area contributed by atoms with Gasteiger partial charge in [0, 0.05) is 47.2 Å². The summed E-state index contributed by atoms with van der Waals surface area (Å²) in [4.78, 5) is 37.8. The Morgan fingerprint density at radius 3 is 2.60 bits per heavy atom. The molecule has 0 saturated carbocycles. The maximum atomic E-state index is 13.6. The van der Waals surface area contributed by atoms with E-state index in [-0.39, 0.29) is 24.0 Å². The average molecular weight is 493 g/mol. The molecule has 1 aliphatic carbocycles. The Hall–Kier alpha value is -3.39. The molecule has 2 aliphatic rings. The molecule has 2 atom stereocenters. The van der Waals surface area contributed by atoms with Gasteiger partial charge in [-0.15, -0.1) is 0 Å². The molecule has 0 aromatic heterocycles. The van der Waals surface area contributed by atoms with Crippen LogP contribution in [-0.2, 0) is 14.3 Å². The van der Waals surface area contributed by atoms with Crippen molar-refractivity contribution in [2.24, 2.45) is 0 Å². The number of esters is 1. The van der Waals surface area contributed by atoms with Crippen LogP contribution in [0, 0.1) is 10.1 Å². The molecular formula is C27H28N2O5S. The molecule has 1 heterocycles. The van der Waals surface area contributed by atoms with Crippen molar-refractivity contribution in [1.29, 1.82) is 0 Å². The first kappa shape index (κ1) is 24.7. The van der Waals surface area contributed by atoms with Gasteiger partial charge in [-0.2, -0.15) is 11.8 Å². The van der Waals surface area contributed by atoms with Crippen molar-refractivity contribution in [3.8, 4) is 0 Å². The molecule has 8 heteroatoms. The number of ketones is 1. The van der Waals surface area contributed by atoms with Crippen molar-refractivity contribution in [2.75, 3.05) is 18.1 Å². The minimum Gasteiger partial charge on any atom is -0.461 e. The number of carbonyl (C=O) groups excluding carboxylic acids is 2. The number of hydrogen-bond acceptors (Lipinski definition) is 7. The number of thioether (sulfide) groups is 1. The van der Waals surface area contributed by atoms with Gasteiger partial charge in [0.15, 0.2) is 5.78 Å². The number of rotatable bonds is 8. The van der Waals surface area contributed by atoms with Crippen molar-refractivity contribution in [3.05, 3.63) is 98.4 Å². The van der Waals surface area contributed by atoms with E-state index >= 15 is 0 Å². The monoisotopic (exact) mass is 492 g/mol. The van der Waals surface area contributed by atoms with Crippen molar-refractivity contribution < 1.29 is 19.2 Å². The summed E-state index contributed by atoms with van der Waals surface area (Å²) in [5.41, 5.74) is 3.74. The number of nitro benzene ring substituents is 1. The summed E-state index contributed by atoms with van der Waals surface area (Å²) in [5, 5.41) is 14.8. The fraction of sp³-hybridized carbons (Fsp3) is 0.333. The van der Waals surface area contributed by atoms with Crippen molar-refractivity contribution in [2.45, 2.75) is 38.5 Å². The van der Waals surface area contributed by atoms with E-state index in [2.05, 4.69) is 5.32 Å². The van der Waals surface area contributed by atoms with E-state index < -0.39 is 16.8 Å². The minimum atomic E-state index is -0.721. The highest BCUT2D eigenvalue weighted by molar-refractivity contribution is 7.99. The number of carbonyl (C=O) groups is 2. The fourth-order valence-electron chi connectivity index (χ4n) is 4.84. The summed E-state index contributed by atoms with van der Waals surface area (Å²) >= 11 is 1.67. The number of nitrogens with zero attached hydrogens (tertiary/aromatic N) is 1. The third-order valence-electron chi connectivity index (χ3n) is 6.40. The van der Waals surface area contributed by atoms with Gasteiger partial charge in [0.2, 0.25) is 0 Å². The highest BCUT2D eigenvalue weighted by atomic mass is 32.2. The third-order valence-corrected chi connectivity index (χ3v) is 7.26. The SMILES string of the molecule is CCSCCOC(=O)C1=C(C)NC2=C(C(=O)CC(c3ccccc3)C2)C1c1cccc([N+](=O)[O-])c1. The van der Waals surface area contributed by atoms with Crippen LogP contribution in [0.25, 0.3) is 0 Å². The van der Waals surface area contributed by atoms with Gasteiger partial charge in [-0.1, -0.05) is 49.4 Å². The fourth-order valence-corrected chi connectivity index (χ4v) is 5.33. The molecular weight excluding hydrogens is 464 g/mol. The second-order valence-electron chi connectivity index (χ2n) is 8.61. The number of non-ortho nitro benzene ring substituents is 1. The van der Waals surface area contributed by atoms with Crippen LogP contribution in [0.15, 0.2) is 77.1 Å². The van der Waals surface area contributed by atoms with Gasteiger partial charge in [-0.3, -0.25) is 14.9 Å². The van der Waals surface area contributed by atoms with E-state index in [0.29, 0.717) is 41.0 Å². The Morgan fingerprint density at radius 2 is 1.89 bits per heavy atom. The molecule has 2 aromatic rings. The van der Waals surface area contributed by atoms with Crippen LogP contribution in [0.5, 0.6) is 0 Å². The lowest BCUT2D eigenvalue weighted by Crippen LogP contribution is -2.36. The highest BCUT2D eigenvalue weighted by Gasteiger charge is 2.41. The normalized spacial score (nSPS) is 19.8. The molecule has 0 fully saturated rings. The van der Waals surface area contributed by atoms with Gasteiger partial charge in [-0.25, -0.2) is 4.79 Å². The van der Waals surface area contributed by atoms with E-state index in [1.807, 2.05) is 37.3 Å². The van der Waals surface area contributed by atoms with Crippen molar-refractivity contribution >= 4 is 29.2 Å². The molecule has 0 amide bonds. The van der Waals surface area contributed by atoms with Gasteiger partial charge in [-0.05, 0) is 36.1 Å². The molecule has 2 aromatic carbocycles. The molecule has 7 nitrogen and oxygen atoms in total. The van der Waals surface area contributed by atoms with Crippen molar-refractivity contribution in [3.63, 3.8) is 0 Å². The smallest absolute Gasteiger partial charge is 0.336 e. The lowest BCUT2D eigenvalue weighted by atomic mass is 9.71. The first-order chi connectivity index (χ1) is 16.9. The Kier molecular flexibility index (Phi) is 7.70. The summed E-state index contributed by atoms with van der Waals surface area (Å²) < 4.78 is 5.56. The molecule has 35 heavy (non-hydrogen) atoms. The summed E-state index contributed by atoms with van der Waals surface area (Å²) in [6.07, 6.45) is 0.924. The maximum Gasteiger partial charge on any atom is 0.336 e. The van der Waals surface area contributed by atoms with Gasteiger partial charge in [0.25, 0.3) is 5.69 Å². The number of ether oxygens (including phenoxy) is 1. The van der Waals surface area contributed by atoms with Gasteiger partial charge in [0.05, 0.1) is 10.5 Å². The molecule has 1 N–H and O–H groups in total. The molecule has 0 bridgehead atoms. The lowest BCUT2D eigenvalue weighted by Gasteiger charge is -2.36. The van der Waals surface area contributed by atoms with Crippen LogP contribution in [0.2, 0.25) is 0 Å². The number of nitrogens with one attached hydrogen (secondary N) is 1. The molecule has 0 spiro atoms. The quantitative estimate of drug-likeness (QED) is 0.232. The van der Waals surface area contributed by atoms with Crippen LogP contribution in [0.4, 0.5) is 5.69 Å². The molecule has 0 radical (unpaired) electrons. The predicted molar refractivity (Wildman–Crippen MR) is 136 cm³/mol. The Morgan fingerprint density at radius 1 is 1.14 bits per heavy atom. The van der Waals surface area contributed by atoms with Crippen LogP contribution in [0.3, 0.4) is 0 Å². The lowest BCUT2D eigenvalue weighted by molar-refractivity contribution is -0.384. The van der Waals surface area contributed by atoms with E-state index in [1.54, 1.807) is 30.8 Å². The van der Waals surface area contributed by atoms with E-state index in [4.69, 9.17) is 4.74 Å². The third kappa shape index (κ3) is 5.32. The summed E-state index contributed by atoms with van der Waals surface area (Å²) in [6, 6.07) is 16.1. The zero-order valence-corrected chi connectivity index (χ0v) is 20.6. The Bertz CT molecular complexity index is 1210. The second kappa shape index (κ2) is 10.9. The largest absolute Gasteiger partial charge is 0.461 e. The summed E-state index contributed by atoms with van der Waals surface area (Å²) in [5.74, 6) is 0.325.